The van der Waals surface area contributed by atoms with Crippen LogP contribution in [-0.2, 0) is 23.9 Å². The van der Waals surface area contributed by atoms with Crippen LogP contribution in [0.5, 0.6) is 0 Å². The minimum atomic E-state index is -1.42. The number of amides is 2. The van der Waals surface area contributed by atoms with Crippen LogP contribution in [0, 0.1) is 11.8 Å². The van der Waals surface area contributed by atoms with E-state index in [1.165, 1.54) is 31.2 Å². The number of halogens is 1. The number of esters is 2. The normalized spacial score (nSPS) is 12.8. The molecular formula is C16H19ClN2O6. The quantitative estimate of drug-likeness (QED) is 0.532. The Kier molecular flexibility index (Phi) is 7.38. The molecule has 25 heavy (non-hydrogen) atoms. The number of ether oxygens (including phenoxy) is 2. The van der Waals surface area contributed by atoms with E-state index in [0.717, 1.165) is 14.2 Å². The Morgan fingerprint density at radius 2 is 1.52 bits per heavy atom. The van der Waals surface area contributed by atoms with E-state index in [0.29, 0.717) is 5.02 Å². The van der Waals surface area contributed by atoms with Crippen LogP contribution in [0.3, 0.4) is 0 Å². The van der Waals surface area contributed by atoms with Crippen molar-refractivity contribution in [2.24, 2.45) is 17.6 Å². The Balaban J connectivity index is 3.06. The smallest absolute Gasteiger partial charge is 0.320 e. The first-order chi connectivity index (χ1) is 11.7. The van der Waals surface area contributed by atoms with E-state index >= 15 is 0 Å². The molecule has 0 fully saturated rings. The maximum atomic E-state index is 12.3. The zero-order valence-electron chi connectivity index (χ0n) is 13.9. The first-order valence-corrected chi connectivity index (χ1v) is 7.62. The Bertz CT molecular complexity index is 645. The molecule has 0 aliphatic heterocycles. The summed E-state index contributed by atoms with van der Waals surface area (Å²) in [7, 11) is 2.19. The highest BCUT2D eigenvalue weighted by Crippen LogP contribution is 2.20. The molecule has 0 aromatic heterocycles. The summed E-state index contributed by atoms with van der Waals surface area (Å²) >= 11 is 5.76. The number of methoxy groups -OCH3 is 2. The fourth-order valence-corrected chi connectivity index (χ4v) is 2.39. The van der Waals surface area contributed by atoms with Crippen molar-refractivity contribution in [1.29, 1.82) is 0 Å². The highest BCUT2D eigenvalue weighted by Gasteiger charge is 2.41. The third-order valence-electron chi connectivity index (χ3n) is 3.66. The van der Waals surface area contributed by atoms with Gasteiger partial charge < -0.3 is 20.5 Å². The van der Waals surface area contributed by atoms with Gasteiger partial charge in [-0.1, -0.05) is 18.5 Å². The van der Waals surface area contributed by atoms with Gasteiger partial charge in [0.2, 0.25) is 5.91 Å². The van der Waals surface area contributed by atoms with Crippen molar-refractivity contribution in [3.05, 3.63) is 34.9 Å². The SMILES string of the molecule is COC(=O)C(C(=O)OC)[C@H](C)[C@@H](NC(=O)c1ccc(Cl)cc1)C(N)=O. The highest BCUT2D eigenvalue weighted by atomic mass is 35.5. The lowest BCUT2D eigenvalue weighted by Crippen LogP contribution is -2.52. The second-order valence-electron chi connectivity index (χ2n) is 5.24. The van der Waals surface area contributed by atoms with Crippen molar-refractivity contribution < 1.29 is 28.7 Å². The van der Waals surface area contributed by atoms with E-state index in [1.807, 2.05) is 0 Å². The lowest BCUT2D eigenvalue weighted by molar-refractivity contribution is -0.161. The van der Waals surface area contributed by atoms with E-state index < -0.39 is 41.6 Å². The van der Waals surface area contributed by atoms with Crippen LogP contribution in [0.1, 0.15) is 17.3 Å². The minimum absolute atomic E-state index is 0.232. The van der Waals surface area contributed by atoms with E-state index in [1.54, 1.807) is 0 Å². The zero-order chi connectivity index (χ0) is 19.1. The Labute approximate surface area is 149 Å². The summed E-state index contributed by atoms with van der Waals surface area (Å²) in [5, 5.41) is 2.86. The molecule has 8 nitrogen and oxygen atoms in total. The molecule has 0 bridgehead atoms. The van der Waals surface area contributed by atoms with Gasteiger partial charge in [0.15, 0.2) is 5.92 Å². The zero-order valence-corrected chi connectivity index (χ0v) is 14.7. The van der Waals surface area contributed by atoms with Crippen LogP contribution in [0.2, 0.25) is 5.02 Å². The van der Waals surface area contributed by atoms with Gasteiger partial charge in [0.05, 0.1) is 14.2 Å². The maximum absolute atomic E-state index is 12.3. The predicted octanol–water partition coefficient (Wildman–Crippen LogP) is 0.522. The molecule has 1 aromatic carbocycles. The highest BCUT2D eigenvalue weighted by molar-refractivity contribution is 6.30. The third-order valence-corrected chi connectivity index (χ3v) is 3.91. The third kappa shape index (κ3) is 5.18. The van der Waals surface area contributed by atoms with Gasteiger partial charge in [-0.3, -0.25) is 19.2 Å². The lowest BCUT2D eigenvalue weighted by atomic mass is 9.86. The van der Waals surface area contributed by atoms with E-state index in [2.05, 4.69) is 14.8 Å². The molecule has 0 aliphatic carbocycles. The molecule has 0 saturated carbocycles. The molecule has 2 amide bonds. The summed E-state index contributed by atoms with van der Waals surface area (Å²) in [6, 6.07) is 4.62. The van der Waals surface area contributed by atoms with Gasteiger partial charge in [0, 0.05) is 16.5 Å². The first-order valence-electron chi connectivity index (χ1n) is 7.24. The van der Waals surface area contributed by atoms with Crippen LogP contribution in [0.4, 0.5) is 0 Å². The largest absolute Gasteiger partial charge is 0.468 e. The van der Waals surface area contributed by atoms with Crippen molar-refractivity contribution in [1.82, 2.24) is 5.32 Å². The number of carbonyl (C=O) groups is 4. The van der Waals surface area contributed by atoms with Crippen molar-refractivity contribution in [2.45, 2.75) is 13.0 Å². The fraction of sp³-hybridized carbons (Fsp3) is 0.375. The standard InChI is InChI=1S/C16H19ClN2O6/c1-8(11(15(22)24-2)16(23)25-3)12(13(18)20)19-14(21)9-4-6-10(17)7-5-9/h4-8,11-12H,1-3H3,(H2,18,20)(H,19,21)/t8-,12+/m0/s1. The summed E-state index contributed by atoms with van der Waals surface area (Å²) < 4.78 is 9.14. The van der Waals surface area contributed by atoms with E-state index in [4.69, 9.17) is 17.3 Å². The molecular weight excluding hydrogens is 352 g/mol. The molecule has 2 atom stereocenters. The van der Waals surface area contributed by atoms with Gasteiger partial charge in [-0.05, 0) is 24.3 Å². The number of nitrogens with one attached hydrogen (secondary N) is 1. The fourth-order valence-electron chi connectivity index (χ4n) is 2.26. The molecule has 0 spiro atoms. The molecule has 0 unspecified atom stereocenters. The van der Waals surface area contributed by atoms with Gasteiger partial charge in [-0.25, -0.2) is 0 Å². The molecule has 9 heteroatoms. The first kappa shape index (κ1) is 20.4. The van der Waals surface area contributed by atoms with Crippen LogP contribution in [0.25, 0.3) is 0 Å². The average Bonchev–Trinajstić information content (AvgIpc) is 2.59. The molecule has 1 rings (SSSR count). The van der Waals surface area contributed by atoms with Gasteiger partial charge >= 0.3 is 11.9 Å². The van der Waals surface area contributed by atoms with Crippen molar-refractivity contribution >= 4 is 35.4 Å². The van der Waals surface area contributed by atoms with Crippen LogP contribution >= 0.6 is 11.6 Å². The van der Waals surface area contributed by atoms with Crippen molar-refractivity contribution in [3.8, 4) is 0 Å². The monoisotopic (exact) mass is 370 g/mol. The summed E-state index contributed by atoms with van der Waals surface area (Å²) in [5.41, 5.74) is 5.56. The number of carbonyl (C=O) groups excluding carboxylic acids is 4. The number of rotatable bonds is 7. The summed E-state index contributed by atoms with van der Waals surface area (Å²) in [6.07, 6.45) is 0. The van der Waals surface area contributed by atoms with Gasteiger partial charge in [0.1, 0.15) is 6.04 Å². The van der Waals surface area contributed by atoms with Crippen molar-refractivity contribution in [3.63, 3.8) is 0 Å². The topological polar surface area (TPSA) is 125 Å². The molecule has 0 heterocycles. The number of primary amides is 1. The second kappa shape index (κ2) is 9.03. The predicted molar refractivity (Wildman–Crippen MR) is 88.6 cm³/mol. The summed E-state index contributed by atoms with van der Waals surface area (Å²) in [5.74, 6) is -5.72. The second-order valence-corrected chi connectivity index (χ2v) is 5.68. The Hall–Kier alpha value is -2.61. The molecule has 0 radical (unpaired) electrons. The van der Waals surface area contributed by atoms with Crippen LogP contribution in [0.15, 0.2) is 24.3 Å². The number of hydrogen-bond acceptors (Lipinski definition) is 6. The van der Waals surface area contributed by atoms with Crippen LogP contribution in [-0.4, -0.2) is 44.0 Å². The molecule has 3 N–H and O–H groups in total. The maximum Gasteiger partial charge on any atom is 0.320 e. The average molecular weight is 371 g/mol. The molecule has 0 aliphatic rings. The minimum Gasteiger partial charge on any atom is -0.468 e. The molecule has 0 saturated heterocycles. The summed E-state index contributed by atoms with van der Waals surface area (Å²) in [4.78, 5) is 47.8. The van der Waals surface area contributed by atoms with Crippen molar-refractivity contribution in [2.75, 3.05) is 14.2 Å². The Morgan fingerprint density at radius 3 is 1.92 bits per heavy atom. The lowest BCUT2D eigenvalue weighted by Gasteiger charge is -2.26. The molecule has 136 valence electrons. The number of nitrogens with two attached hydrogens (primary N) is 1. The van der Waals surface area contributed by atoms with Crippen LogP contribution < -0.4 is 11.1 Å². The van der Waals surface area contributed by atoms with Gasteiger partial charge in [-0.2, -0.15) is 0 Å². The van der Waals surface area contributed by atoms with E-state index in [9.17, 15) is 19.2 Å². The van der Waals surface area contributed by atoms with Gasteiger partial charge in [-0.15, -0.1) is 0 Å². The summed E-state index contributed by atoms with van der Waals surface area (Å²) in [6.45, 7) is 1.41. The Morgan fingerprint density at radius 1 is 1.04 bits per heavy atom. The number of hydrogen-bond donors (Lipinski definition) is 2. The van der Waals surface area contributed by atoms with Gasteiger partial charge in [0.25, 0.3) is 5.91 Å². The molecule has 1 aromatic rings. The van der Waals surface area contributed by atoms with E-state index in [-0.39, 0.29) is 5.56 Å². The number of benzene rings is 1.